The number of carbonyl (C=O) groups excluding carboxylic acids is 2. The summed E-state index contributed by atoms with van der Waals surface area (Å²) in [6.07, 6.45) is 0.821. The van der Waals surface area contributed by atoms with Gasteiger partial charge in [-0.3, -0.25) is 4.79 Å². The molecule has 0 heterocycles. The van der Waals surface area contributed by atoms with Crippen molar-refractivity contribution in [3.05, 3.63) is 101 Å². The fourth-order valence-electron chi connectivity index (χ4n) is 4.21. The van der Waals surface area contributed by atoms with Crippen LogP contribution in [0.15, 0.2) is 79.4 Å². The molecule has 0 aromatic heterocycles. The number of anilines is 1. The van der Waals surface area contributed by atoms with Crippen LogP contribution in [0.5, 0.6) is 0 Å². The third-order valence-electron chi connectivity index (χ3n) is 5.82. The summed E-state index contributed by atoms with van der Waals surface area (Å²) in [5, 5.41) is 14.7. The van der Waals surface area contributed by atoms with Gasteiger partial charge in [0.2, 0.25) is 5.91 Å². The minimum atomic E-state index is -1.22. The van der Waals surface area contributed by atoms with E-state index < -0.39 is 24.0 Å². The van der Waals surface area contributed by atoms with Crippen molar-refractivity contribution in [3.8, 4) is 11.1 Å². The first-order chi connectivity index (χ1) is 16.9. The zero-order valence-electron chi connectivity index (χ0n) is 18.7. The van der Waals surface area contributed by atoms with Crippen LogP contribution in [0, 0.1) is 0 Å². The number of carbonyl (C=O) groups is 3. The average Bonchev–Trinajstić information content (AvgIpc) is 3.16. The number of hydrogen-bond donors (Lipinski definition) is 3. The molecule has 0 radical (unpaired) electrons. The normalized spacial score (nSPS) is 12.7. The summed E-state index contributed by atoms with van der Waals surface area (Å²) in [4.78, 5) is 37.0. The fourth-order valence-corrected chi connectivity index (χ4v) is 4.38. The van der Waals surface area contributed by atoms with E-state index in [0.29, 0.717) is 0 Å². The van der Waals surface area contributed by atoms with Gasteiger partial charge < -0.3 is 20.5 Å². The van der Waals surface area contributed by atoms with Crippen LogP contribution < -0.4 is 10.6 Å². The molecule has 3 N–H and O–H groups in total. The maximum absolute atomic E-state index is 12.8. The summed E-state index contributed by atoms with van der Waals surface area (Å²) < 4.78 is 5.52. The van der Waals surface area contributed by atoms with Gasteiger partial charge in [-0.15, -0.1) is 6.58 Å². The monoisotopic (exact) mass is 490 g/mol. The van der Waals surface area contributed by atoms with Crippen LogP contribution in [-0.4, -0.2) is 35.7 Å². The molecule has 35 heavy (non-hydrogen) atoms. The van der Waals surface area contributed by atoms with Crippen molar-refractivity contribution in [3.63, 3.8) is 0 Å². The van der Waals surface area contributed by atoms with E-state index in [-0.39, 0.29) is 35.2 Å². The predicted octanol–water partition coefficient (Wildman–Crippen LogP) is 5.46. The third-order valence-corrected chi connectivity index (χ3v) is 6.06. The molecule has 1 aliphatic carbocycles. The van der Waals surface area contributed by atoms with E-state index in [1.807, 2.05) is 48.5 Å². The summed E-state index contributed by atoms with van der Waals surface area (Å²) in [5.74, 6) is -1.96. The summed E-state index contributed by atoms with van der Waals surface area (Å²) in [6, 6.07) is 19.0. The Labute approximate surface area is 207 Å². The van der Waals surface area contributed by atoms with Crippen LogP contribution in [0.4, 0.5) is 10.5 Å². The van der Waals surface area contributed by atoms with E-state index in [4.69, 9.17) is 16.3 Å². The van der Waals surface area contributed by atoms with Gasteiger partial charge in [0.1, 0.15) is 12.6 Å². The highest BCUT2D eigenvalue weighted by atomic mass is 35.5. The van der Waals surface area contributed by atoms with Gasteiger partial charge in [0, 0.05) is 10.9 Å². The minimum absolute atomic E-state index is 0.0263. The molecule has 1 aliphatic rings. The van der Waals surface area contributed by atoms with Gasteiger partial charge >= 0.3 is 12.1 Å². The minimum Gasteiger partial charge on any atom is -0.478 e. The number of nitrogens with one attached hydrogen (secondary N) is 2. The number of amides is 2. The van der Waals surface area contributed by atoms with Gasteiger partial charge in [-0.2, -0.15) is 0 Å². The molecule has 7 nitrogen and oxygen atoms in total. The standard InChI is InChI=1S/C27H23ClN2O5/c1-2-7-23(25(31)29-24-14-16(28)12-13-21(24)26(32)33)30-27(34)35-15-22-19-10-5-3-8-17(19)18-9-4-6-11-20(18)22/h2-6,8-14,22-23H,1,7,15H2,(H,29,31)(H,30,34)(H,32,33). The van der Waals surface area contributed by atoms with Crippen molar-refractivity contribution in [2.75, 3.05) is 11.9 Å². The number of carboxylic acid groups (broad SMARTS) is 1. The van der Waals surface area contributed by atoms with E-state index in [1.165, 1.54) is 24.3 Å². The Kier molecular flexibility index (Phi) is 7.17. The first-order valence-corrected chi connectivity index (χ1v) is 11.3. The number of alkyl carbamates (subject to hydrolysis) is 1. The number of halogens is 1. The van der Waals surface area contributed by atoms with Crippen LogP contribution in [0.3, 0.4) is 0 Å². The maximum Gasteiger partial charge on any atom is 0.407 e. The number of carboxylic acids is 1. The van der Waals surface area contributed by atoms with Crippen LogP contribution in [0.25, 0.3) is 11.1 Å². The Bertz CT molecular complexity index is 1260. The highest BCUT2D eigenvalue weighted by molar-refractivity contribution is 6.31. The molecule has 1 unspecified atom stereocenters. The molecule has 0 aliphatic heterocycles. The number of aromatic carboxylic acids is 1. The molecule has 1 atom stereocenters. The second-order valence-corrected chi connectivity index (χ2v) is 8.47. The first kappa shape index (κ1) is 24.0. The fraction of sp³-hybridized carbons (Fsp3) is 0.148. The summed E-state index contributed by atoms with van der Waals surface area (Å²) in [7, 11) is 0. The van der Waals surface area contributed by atoms with Gasteiger partial charge in [-0.25, -0.2) is 9.59 Å². The van der Waals surface area contributed by atoms with E-state index >= 15 is 0 Å². The van der Waals surface area contributed by atoms with Gasteiger partial charge in [0.25, 0.3) is 0 Å². The number of fused-ring (bicyclic) bond motifs is 3. The Hall–Kier alpha value is -4.10. The topological polar surface area (TPSA) is 105 Å². The van der Waals surface area contributed by atoms with Gasteiger partial charge in [-0.05, 0) is 46.9 Å². The zero-order valence-corrected chi connectivity index (χ0v) is 19.4. The summed E-state index contributed by atoms with van der Waals surface area (Å²) in [5.41, 5.74) is 4.27. The third kappa shape index (κ3) is 5.20. The van der Waals surface area contributed by atoms with Crippen molar-refractivity contribution >= 4 is 35.3 Å². The second-order valence-electron chi connectivity index (χ2n) is 8.03. The molecule has 0 saturated carbocycles. The Morgan fingerprint density at radius 3 is 2.26 bits per heavy atom. The first-order valence-electron chi connectivity index (χ1n) is 10.9. The van der Waals surface area contributed by atoms with Crippen LogP contribution in [0.1, 0.15) is 33.8 Å². The molecule has 178 valence electrons. The number of benzene rings is 3. The molecule has 3 aromatic carbocycles. The van der Waals surface area contributed by atoms with Gasteiger partial charge in [-0.1, -0.05) is 66.2 Å². The molecular weight excluding hydrogens is 468 g/mol. The lowest BCUT2D eigenvalue weighted by atomic mass is 9.98. The number of hydrogen-bond acceptors (Lipinski definition) is 4. The lowest BCUT2D eigenvalue weighted by Gasteiger charge is -2.19. The quantitative estimate of drug-likeness (QED) is 0.364. The Morgan fingerprint density at radius 2 is 1.66 bits per heavy atom. The van der Waals surface area contributed by atoms with Crippen LogP contribution in [-0.2, 0) is 9.53 Å². The summed E-state index contributed by atoms with van der Waals surface area (Å²) in [6.45, 7) is 3.73. The number of ether oxygens (including phenoxy) is 1. The largest absolute Gasteiger partial charge is 0.478 e. The molecule has 3 aromatic rings. The molecule has 0 fully saturated rings. The van der Waals surface area contributed by atoms with E-state index in [0.717, 1.165) is 22.3 Å². The highest BCUT2D eigenvalue weighted by Gasteiger charge is 2.30. The van der Waals surface area contributed by atoms with E-state index in [9.17, 15) is 19.5 Å². The van der Waals surface area contributed by atoms with Crippen molar-refractivity contribution in [1.29, 1.82) is 0 Å². The molecule has 0 bridgehead atoms. The lowest BCUT2D eigenvalue weighted by Crippen LogP contribution is -2.44. The second kappa shape index (κ2) is 10.4. The van der Waals surface area contributed by atoms with E-state index in [1.54, 1.807) is 0 Å². The molecule has 2 amide bonds. The molecule has 0 saturated heterocycles. The lowest BCUT2D eigenvalue weighted by molar-refractivity contribution is -0.118. The van der Waals surface area contributed by atoms with Crippen molar-refractivity contribution in [2.24, 2.45) is 0 Å². The van der Waals surface area contributed by atoms with Crippen molar-refractivity contribution in [2.45, 2.75) is 18.4 Å². The zero-order chi connectivity index (χ0) is 24.9. The predicted molar refractivity (Wildman–Crippen MR) is 134 cm³/mol. The van der Waals surface area contributed by atoms with Crippen LogP contribution in [0.2, 0.25) is 5.02 Å². The SMILES string of the molecule is C=CCC(NC(=O)OCC1c2ccccc2-c2ccccc21)C(=O)Nc1cc(Cl)ccc1C(=O)O. The maximum atomic E-state index is 12.8. The summed E-state index contributed by atoms with van der Waals surface area (Å²) >= 11 is 5.96. The molecule has 0 spiro atoms. The smallest absolute Gasteiger partial charge is 0.407 e. The Morgan fingerprint density at radius 1 is 1.03 bits per heavy atom. The van der Waals surface area contributed by atoms with Gasteiger partial charge in [0.15, 0.2) is 0 Å². The number of rotatable bonds is 8. The average molecular weight is 491 g/mol. The van der Waals surface area contributed by atoms with Crippen molar-refractivity contribution < 1.29 is 24.2 Å². The molecule has 8 heteroatoms. The highest BCUT2D eigenvalue weighted by Crippen LogP contribution is 2.44. The van der Waals surface area contributed by atoms with Crippen molar-refractivity contribution in [1.82, 2.24) is 5.32 Å². The Balaban J connectivity index is 1.44. The molecular formula is C27H23ClN2O5. The van der Waals surface area contributed by atoms with Crippen LogP contribution >= 0.6 is 11.6 Å². The molecule has 4 rings (SSSR count). The van der Waals surface area contributed by atoms with E-state index in [2.05, 4.69) is 17.2 Å². The van der Waals surface area contributed by atoms with Gasteiger partial charge in [0.05, 0.1) is 11.3 Å².